The van der Waals surface area contributed by atoms with E-state index in [1.807, 2.05) is 0 Å². The van der Waals surface area contributed by atoms with Gasteiger partial charge in [-0.2, -0.15) is 10.1 Å². The fraction of sp³-hybridized carbons (Fsp3) is 0.705. The van der Waals surface area contributed by atoms with Crippen LogP contribution in [0.5, 0.6) is 0 Å². The van der Waals surface area contributed by atoms with Crippen molar-refractivity contribution in [2.24, 2.45) is 0 Å². The number of nitrogens with zero attached hydrogens (tertiary/aromatic N) is 2. The first-order valence-corrected chi connectivity index (χ1v) is 27.6. The Hall–Kier alpha value is -2.62. The highest BCUT2D eigenvalue weighted by Gasteiger charge is 2.56. The third kappa shape index (κ3) is 16.2. The monoisotopic (exact) mass is 939 g/mol. The van der Waals surface area contributed by atoms with Crippen molar-refractivity contribution >= 4 is 0 Å². The Morgan fingerprint density at radius 1 is 0.500 bits per heavy atom. The molecule has 6 fully saturated rings. The number of aryl methyl sites for hydroxylation is 5. The van der Waals surface area contributed by atoms with Gasteiger partial charge in [0.25, 0.3) is 0 Å². The fourth-order valence-electron chi connectivity index (χ4n) is 12.7. The average Bonchev–Trinajstić information content (AvgIpc) is 3.31. The third-order valence-corrected chi connectivity index (χ3v) is 16.2. The molecule has 2 heterocycles. The first-order valence-electron chi connectivity index (χ1n) is 27.6. The van der Waals surface area contributed by atoms with Crippen LogP contribution < -0.4 is 0 Å². The van der Waals surface area contributed by atoms with Gasteiger partial charge in [0.1, 0.15) is 6.10 Å². The van der Waals surface area contributed by atoms with Gasteiger partial charge in [-0.1, -0.05) is 180 Å². The number of aliphatic hydroxyl groups excluding tert-OH is 2. The van der Waals surface area contributed by atoms with Crippen molar-refractivity contribution in [3.8, 4) is 0 Å². The number of benzene rings is 3. The topological polar surface area (TPSA) is 96.6 Å². The molecule has 4 saturated carbocycles. The summed E-state index contributed by atoms with van der Waals surface area (Å²) in [6.45, 7) is 18.1. The van der Waals surface area contributed by atoms with E-state index in [1.165, 1.54) is 136 Å². The van der Waals surface area contributed by atoms with Crippen LogP contribution in [0.15, 0.2) is 72.8 Å². The number of aliphatic hydroxyl groups is 3. The lowest BCUT2D eigenvalue weighted by Gasteiger charge is -2.61. The molecule has 7 nitrogen and oxygen atoms in total. The van der Waals surface area contributed by atoms with Gasteiger partial charge < -0.3 is 20.5 Å². The molecule has 3 aromatic carbocycles. The van der Waals surface area contributed by atoms with E-state index in [1.54, 1.807) is 25.8 Å². The van der Waals surface area contributed by atoms with Gasteiger partial charge in [0.05, 0.1) is 17.8 Å². The SMILES string of the molecule is CC(C)(C)O.CCc1ccc(C)cc1.CCc1ccc(C)cc1.Cc1ccc(C(C)ON2C3(CCCCC3)CC(O)CC23CCCCC3)cc1.OC1CC2(CCCCC2)N(O)C2(CCCCC2)C1. The maximum Gasteiger partial charge on any atom is 0.102 e. The molecule has 0 radical (unpaired) electrons. The van der Waals surface area contributed by atoms with Crippen LogP contribution in [0.4, 0.5) is 0 Å². The van der Waals surface area contributed by atoms with E-state index in [0.717, 1.165) is 64.2 Å². The molecule has 0 bridgehead atoms. The minimum atomic E-state index is -0.500. The molecule has 4 aliphatic carbocycles. The van der Waals surface area contributed by atoms with Gasteiger partial charge in [0, 0.05) is 22.2 Å². The number of rotatable bonds is 5. The molecule has 3 aromatic rings. The molecular formula is C61H98N2O5. The molecule has 0 aromatic heterocycles. The standard InChI is InChI=1S/C24H37NO2.C15H27NO2.2C9H12.C4H10O/c1-19-9-11-21(12-10-19)20(2)27-25-23(13-5-3-6-14-23)17-22(26)18-24(25)15-7-4-8-16-24;17-13-11-14(7-3-1-4-8-14)16(18)15(12-13)9-5-2-6-10-15;2*1-3-9-6-4-8(2)5-7-9;1-4(2,3)5/h9-12,20,22,26H,3-8,13-18H2,1-2H3;13,17-18H,1-12H2;2*4-7H,3H2,1-2H3;5H,1-3H3. The van der Waals surface area contributed by atoms with E-state index >= 15 is 0 Å². The maximum absolute atomic E-state index is 10.9. The van der Waals surface area contributed by atoms with Crippen molar-refractivity contribution in [2.75, 3.05) is 0 Å². The van der Waals surface area contributed by atoms with Crippen LogP contribution in [0.2, 0.25) is 0 Å². The predicted molar refractivity (Wildman–Crippen MR) is 283 cm³/mol. The summed E-state index contributed by atoms with van der Waals surface area (Å²) in [6, 6.07) is 26.1. The number of hydrogen-bond donors (Lipinski definition) is 4. The fourth-order valence-corrected chi connectivity index (χ4v) is 12.7. The van der Waals surface area contributed by atoms with Crippen molar-refractivity contribution in [2.45, 2.75) is 275 Å². The summed E-state index contributed by atoms with van der Waals surface area (Å²) in [5.74, 6) is 0. The summed E-state index contributed by atoms with van der Waals surface area (Å²) in [5.41, 5.74) is 7.42. The Kier molecular flexibility index (Phi) is 21.7. The smallest absolute Gasteiger partial charge is 0.102 e. The molecule has 0 amide bonds. The Bertz CT molecular complexity index is 1740. The lowest BCUT2D eigenvalue weighted by molar-refractivity contribution is -0.339. The van der Waals surface area contributed by atoms with Crippen LogP contribution in [0.25, 0.3) is 0 Å². The zero-order valence-corrected chi connectivity index (χ0v) is 44.6. The highest BCUT2D eigenvalue weighted by Crippen LogP contribution is 2.53. The zero-order chi connectivity index (χ0) is 49.4. The average molecular weight is 939 g/mol. The Balaban J connectivity index is 0.000000180. The summed E-state index contributed by atoms with van der Waals surface area (Å²) in [6.07, 6.45) is 29.4. The van der Waals surface area contributed by atoms with Crippen LogP contribution in [-0.4, -0.2) is 70.6 Å². The van der Waals surface area contributed by atoms with Crippen molar-refractivity contribution in [3.63, 3.8) is 0 Å². The minimum absolute atomic E-state index is 0.0339. The summed E-state index contributed by atoms with van der Waals surface area (Å²) >= 11 is 0. The van der Waals surface area contributed by atoms with Gasteiger partial charge in [0.15, 0.2) is 0 Å². The van der Waals surface area contributed by atoms with E-state index in [4.69, 9.17) is 9.94 Å². The molecule has 4 N–H and O–H groups in total. The van der Waals surface area contributed by atoms with Crippen molar-refractivity contribution in [1.82, 2.24) is 10.1 Å². The molecule has 7 heteroatoms. The molecule has 6 aliphatic rings. The van der Waals surface area contributed by atoms with E-state index in [9.17, 15) is 15.4 Å². The summed E-state index contributed by atoms with van der Waals surface area (Å²) in [7, 11) is 0. The molecule has 9 rings (SSSR count). The molecule has 1 unspecified atom stereocenters. The second-order valence-electron chi connectivity index (χ2n) is 23.4. The molecule has 382 valence electrons. The number of hydrogen-bond acceptors (Lipinski definition) is 7. The van der Waals surface area contributed by atoms with Crippen LogP contribution in [0, 0.1) is 20.8 Å². The predicted octanol–water partition coefficient (Wildman–Crippen LogP) is 15.0. The summed E-state index contributed by atoms with van der Waals surface area (Å²) < 4.78 is 0. The van der Waals surface area contributed by atoms with Crippen LogP contribution in [0.1, 0.15) is 235 Å². The molecule has 2 saturated heterocycles. The van der Waals surface area contributed by atoms with E-state index in [2.05, 4.69) is 119 Å². The van der Waals surface area contributed by atoms with Gasteiger partial charge in [0.2, 0.25) is 0 Å². The highest BCUT2D eigenvalue weighted by atomic mass is 16.7. The highest BCUT2D eigenvalue weighted by molar-refractivity contribution is 5.24. The first-order chi connectivity index (χ1) is 32.4. The van der Waals surface area contributed by atoms with Crippen LogP contribution >= 0.6 is 0 Å². The van der Waals surface area contributed by atoms with Crippen LogP contribution in [0.3, 0.4) is 0 Å². The van der Waals surface area contributed by atoms with E-state index in [-0.39, 0.29) is 40.5 Å². The minimum Gasteiger partial charge on any atom is -0.393 e. The molecule has 2 aliphatic heterocycles. The Morgan fingerprint density at radius 3 is 1.06 bits per heavy atom. The van der Waals surface area contributed by atoms with Crippen LogP contribution in [-0.2, 0) is 17.7 Å². The summed E-state index contributed by atoms with van der Waals surface area (Å²) in [5, 5.41) is 44.8. The van der Waals surface area contributed by atoms with Gasteiger partial charge in [-0.05, 0) is 155 Å². The van der Waals surface area contributed by atoms with E-state index in [0.29, 0.717) is 0 Å². The van der Waals surface area contributed by atoms with Gasteiger partial charge in [-0.3, -0.25) is 4.84 Å². The number of piperidine rings is 2. The second-order valence-corrected chi connectivity index (χ2v) is 23.4. The number of hydroxylamine groups is 4. The maximum atomic E-state index is 10.9. The lowest BCUT2D eigenvalue weighted by atomic mass is 9.66. The Morgan fingerprint density at radius 2 is 0.765 bits per heavy atom. The van der Waals surface area contributed by atoms with Crippen molar-refractivity contribution in [3.05, 3.63) is 106 Å². The molecule has 1 atom stereocenters. The quantitative estimate of drug-likeness (QED) is 0.202. The van der Waals surface area contributed by atoms with E-state index < -0.39 is 5.60 Å². The van der Waals surface area contributed by atoms with Gasteiger partial charge >= 0.3 is 0 Å². The zero-order valence-electron chi connectivity index (χ0n) is 44.6. The molecular weight excluding hydrogens is 841 g/mol. The second kappa shape index (κ2) is 26.2. The Labute approximate surface area is 415 Å². The summed E-state index contributed by atoms with van der Waals surface area (Å²) in [4.78, 5) is 6.87. The lowest BCUT2D eigenvalue weighted by Crippen LogP contribution is -2.67. The first kappa shape index (κ1) is 56.3. The van der Waals surface area contributed by atoms with Crippen molar-refractivity contribution < 1.29 is 25.4 Å². The largest absolute Gasteiger partial charge is 0.393 e. The van der Waals surface area contributed by atoms with Gasteiger partial charge in [-0.25, -0.2) is 0 Å². The third-order valence-electron chi connectivity index (χ3n) is 16.2. The van der Waals surface area contributed by atoms with Crippen molar-refractivity contribution in [1.29, 1.82) is 0 Å². The van der Waals surface area contributed by atoms with Gasteiger partial charge in [-0.15, -0.1) is 0 Å². The molecule has 4 spiro atoms. The normalized spacial score (nSPS) is 24.5. The molecule has 68 heavy (non-hydrogen) atoms.